The number of nitrogens with one attached hydrogen (secondary N) is 1. The number of rotatable bonds is 6. The van der Waals surface area contributed by atoms with Crippen molar-refractivity contribution in [3.8, 4) is 27.6 Å². The summed E-state index contributed by atoms with van der Waals surface area (Å²) in [6, 6.07) is 22.1. The molecule has 1 aliphatic rings. The summed E-state index contributed by atoms with van der Waals surface area (Å²) in [6.45, 7) is 2.96. The number of carbonyl (C=O) groups excluding carboxylic acids is 3. The number of amides is 2. The molecule has 4 aromatic rings. The largest absolute Gasteiger partial charge is 0.479 e. The maximum atomic E-state index is 13.1. The molecule has 3 aromatic carbocycles. The van der Waals surface area contributed by atoms with Crippen LogP contribution in [0.1, 0.15) is 24.2 Å². The summed E-state index contributed by atoms with van der Waals surface area (Å²) >= 11 is 1.55. The van der Waals surface area contributed by atoms with Crippen LogP contribution in [0.2, 0.25) is 0 Å². The number of nitrogens with zero attached hydrogens (tertiary/aromatic N) is 2. The molecule has 1 atom stereocenters. The van der Waals surface area contributed by atoms with Gasteiger partial charge in [0.2, 0.25) is 5.91 Å². The molecule has 2 amide bonds. The molecule has 0 saturated carbocycles. The van der Waals surface area contributed by atoms with Crippen LogP contribution in [0.4, 0.5) is 11.4 Å². The molecule has 0 spiro atoms. The van der Waals surface area contributed by atoms with Crippen molar-refractivity contribution >= 4 is 40.3 Å². The average Bonchev–Trinajstić information content (AvgIpc) is 3.37. The number of carbonyl (C=O) groups is 3. The second-order valence-corrected chi connectivity index (χ2v) is 9.31. The molecule has 0 radical (unpaired) electrons. The number of thiazole rings is 1. The summed E-state index contributed by atoms with van der Waals surface area (Å²) in [7, 11) is 0. The van der Waals surface area contributed by atoms with E-state index in [4.69, 9.17) is 9.72 Å². The Morgan fingerprint density at radius 3 is 2.50 bits per heavy atom. The maximum absolute atomic E-state index is 13.1. The number of benzene rings is 3. The zero-order chi connectivity index (χ0) is 25.2. The minimum absolute atomic E-state index is 0.130. The van der Waals surface area contributed by atoms with Crippen LogP contribution in [0, 0.1) is 0 Å². The molecule has 1 aromatic heterocycles. The Kier molecular flexibility index (Phi) is 6.35. The number of Topliss-reactive ketones (excluding diaryl/α,β-unsaturated/α-hetero) is 1. The highest BCUT2D eigenvalue weighted by atomic mass is 32.1. The van der Waals surface area contributed by atoms with Gasteiger partial charge in [-0.1, -0.05) is 30.3 Å². The summed E-state index contributed by atoms with van der Waals surface area (Å²) in [5, 5.41) is 5.55. The molecule has 0 bridgehead atoms. The molecule has 5 rings (SSSR count). The number of aromatic nitrogens is 1. The third-order valence-corrected chi connectivity index (χ3v) is 6.71. The molecule has 1 unspecified atom stereocenters. The van der Waals surface area contributed by atoms with Crippen LogP contribution in [-0.2, 0) is 9.59 Å². The van der Waals surface area contributed by atoms with E-state index in [0.717, 1.165) is 21.8 Å². The molecule has 0 fully saturated rings. The smallest absolute Gasteiger partial charge is 0.268 e. The van der Waals surface area contributed by atoms with Crippen molar-refractivity contribution < 1.29 is 19.1 Å². The van der Waals surface area contributed by atoms with E-state index in [0.29, 0.717) is 22.7 Å². The number of ether oxygens (including phenoxy) is 1. The monoisotopic (exact) mass is 497 g/mol. The number of hydrogen-bond donors (Lipinski definition) is 1. The first kappa shape index (κ1) is 23.4. The average molecular weight is 498 g/mol. The molecule has 8 heteroatoms. The van der Waals surface area contributed by atoms with Gasteiger partial charge in [0.05, 0.1) is 17.9 Å². The van der Waals surface area contributed by atoms with E-state index in [2.05, 4.69) is 5.32 Å². The second kappa shape index (κ2) is 9.75. The summed E-state index contributed by atoms with van der Waals surface area (Å²) in [5.74, 6) is -0.155. The predicted octanol–water partition coefficient (Wildman–Crippen LogP) is 5.43. The zero-order valence-corrected chi connectivity index (χ0v) is 20.5. The van der Waals surface area contributed by atoms with Gasteiger partial charge in [0.15, 0.2) is 11.9 Å². The third kappa shape index (κ3) is 4.76. The van der Waals surface area contributed by atoms with Gasteiger partial charge in [0.1, 0.15) is 10.8 Å². The Bertz CT molecular complexity index is 1450. The molecule has 2 heterocycles. The minimum Gasteiger partial charge on any atom is -0.479 e. The van der Waals surface area contributed by atoms with Gasteiger partial charge in [-0.15, -0.1) is 11.3 Å². The quantitative estimate of drug-likeness (QED) is 0.359. The number of ketones is 1. The molecular formula is C28H23N3O4S. The lowest BCUT2D eigenvalue weighted by molar-refractivity contribution is -0.125. The molecule has 180 valence electrons. The topological polar surface area (TPSA) is 88.6 Å². The summed E-state index contributed by atoms with van der Waals surface area (Å²) < 4.78 is 5.82. The Morgan fingerprint density at radius 2 is 1.78 bits per heavy atom. The van der Waals surface area contributed by atoms with E-state index in [1.54, 1.807) is 42.5 Å². The molecule has 36 heavy (non-hydrogen) atoms. The third-order valence-electron chi connectivity index (χ3n) is 5.82. The van der Waals surface area contributed by atoms with Crippen LogP contribution in [0.5, 0.6) is 5.75 Å². The van der Waals surface area contributed by atoms with Crippen LogP contribution in [0.3, 0.4) is 0 Å². The van der Waals surface area contributed by atoms with Gasteiger partial charge in [0, 0.05) is 34.7 Å². The number of fused-ring (bicyclic) bond motifs is 1. The fourth-order valence-electron chi connectivity index (χ4n) is 4.03. The highest BCUT2D eigenvalue weighted by Crippen LogP contribution is 2.38. The van der Waals surface area contributed by atoms with Gasteiger partial charge in [-0.05, 0) is 49.4 Å². The van der Waals surface area contributed by atoms with E-state index < -0.39 is 6.10 Å². The lowest BCUT2D eigenvalue weighted by Crippen LogP contribution is -2.46. The highest BCUT2D eigenvalue weighted by molar-refractivity contribution is 7.13. The van der Waals surface area contributed by atoms with Crippen molar-refractivity contribution in [2.45, 2.75) is 20.0 Å². The van der Waals surface area contributed by atoms with Crippen LogP contribution in [0.25, 0.3) is 21.8 Å². The SMILES string of the molecule is CC(=O)Nc1ccc(C(=O)CN2C(=O)C(C)Oc3ccc(-c4csc(-c5ccccc5)n4)cc32)cc1. The fraction of sp³-hybridized carbons (Fsp3) is 0.143. The van der Waals surface area contributed by atoms with Crippen molar-refractivity contribution in [1.29, 1.82) is 0 Å². The Morgan fingerprint density at radius 1 is 1.03 bits per heavy atom. The van der Waals surface area contributed by atoms with Gasteiger partial charge < -0.3 is 10.1 Å². The fourth-order valence-corrected chi connectivity index (χ4v) is 4.86. The van der Waals surface area contributed by atoms with Crippen molar-refractivity contribution in [1.82, 2.24) is 4.98 Å². The first-order chi connectivity index (χ1) is 17.4. The van der Waals surface area contributed by atoms with Gasteiger partial charge in [-0.25, -0.2) is 4.98 Å². The van der Waals surface area contributed by atoms with Crippen LogP contribution >= 0.6 is 11.3 Å². The van der Waals surface area contributed by atoms with E-state index >= 15 is 0 Å². The van der Waals surface area contributed by atoms with Crippen LogP contribution < -0.4 is 15.0 Å². The molecule has 0 aliphatic carbocycles. The Labute approximate surface area is 212 Å². The first-order valence-corrected chi connectivity index (χ1v) is 12.3. The number of anilines is 2. The second-order valence-electron chi connectivity index (χ2n) is 8.45. The molecule has 1 aliphatic heterocycles. The van der Waals surface area contributed by atoms with Crippen molar-refractivity contribution in [3.63, 3.8) is 0 Å². The van der Waals surface area contributed by atoms with Gasteiger partial charge in [-0.2, -0.15) is 0 Å². The molecule has 0 saturated heterocycles. The van der Waals surface area contributed by atoms with Crippen molar-refractivity contribution in [2.75, 3.05) is 16.8 Å². The Balaban J connectivity index is 1.43. The molecule has 1 N–H and O–H groups in total. The summed E-state index contributed by atoms with van der Waals surface area (Å²) in [5.41, 5.74) is 4.23. The first-order valence-electron chi connectivity index (χ1n) is 11.4. The predicted molar refractivity (Wildman–Crippen MR) is 141 cm³/mol. The van der Waals surface area contributed by atoms with Gasteiger partial charge in [0.25, 0.3) is 5.91 Å². The number of hydrogen-bond acceptors (Lipinski definition) is 6. The minimum atomic E-state index is -0.706. The Hall–Kier alpha value is -4.30. The summed E-state index contributed by atoms with van der Waals surface area (Å²) in [4.78, 5) is 43.6. The van der Waals surface area contributed by atoms with Crippen LogP contribution in [-0.4, -0.2) is 35.2 Å². The normalized spacial score (nSPS) is 14.7. The standard InChI is InChI=1S/C28H23N3O4S/c1-17-28(34)31(15-25(33)19-8-11-22(12-9-19)29-18(2)32)24-14-21(10-13-26(24)35-17)23-16-36-27(30-23)20-6-4-3-5-7-20/h3-14,16-17H,15H2,1-2H3,(H,29,32). The van der Waals surface area contributed by atoms with E-state index in [1.165, 1.54) is 11.8 Å². The lowest BCUT2D eigenvalue weighted by Gasteiger charge is -2.33. The molecule has 7 nitrogen and oxygen atoms in total. The molecular weight excluding hydrogens is 474 g/mol. The van der Waals surface area contributed by atoms with Crippen LogP contribution in [0.15, 0.2) is 78.2 Å². The zero-order valence-electron chi connectivity index (χ0n) is 19.7. The van der Waals surface area contributed by atoms with Crippen molar-refractivity contribution in [2.24, 2.45) is 0 Å². The summed E-state index contributed by atoms with van der Waals surface area (Å²) in [6.07, 6.45) is -0.706. The highest BCUT2D eigenvalue weighted by Gasteiger charge is 2.33. The van der Waals surface area contributed by atoms with E-state index in [-0.39, 0.29) is 24.1 Å². The van der Waals surface area contributed by atoms with Crippen molar-refractivity contribution in [3.05, 3.63) is 83.7 Å². The lowest BCUT2D eigenvalue weighted by atomic mass is 10.1. The van der Waals surface area contributed by atoms with Gasteiger partial charge >= 0.3 is 0 Å². The van der Waals surface area contributed by atoms with Gasteiger partial charge in [-0.3, -0.25) is 19.3 Å². The van der Waals surface area contributed by atoms with E-state index in [1.807, 2.05) is 53.9 Å². The van der Waals surface area contributed by atoms with E-state index in [9.17, 15) is 14.4 Å². The maximum Gasteiger partial charge on any atom is 0.268 e.